The first-order chi connectivity index (χ1) is 9.72. The molecule has 0 amide bonds. The Kier molecular flexibility index (Phi) is 4.72. The number of nitrogens with zero attached hydrogens (tertiary/aromatic N) is 1. The van der Waals surface area contributed by atoms with E-state index in [0.29, 0.717) is 11.5 Å². The average Bonchev–Trinajstić information content (AvgIpc) is 2.50. The molecule has 0 aromatic heterocycles. The highest BCUT2D eigenvalue weighted by Gasteiger charge is 2.40. The van der Waals surface area contributed by atoms with Crippen LogP contribution in [0.5, 0.6) is 0 Å². The number of hydrogen-bond donors (Lipinski definition) is 1. The predicted molar refractivity (Wildman–Crippen MR) is 83.8 cm³/mol. The van der Waals surface area contributed by atoms with Crippen LogP contribution in [0.4, 0.5) is 0 Å². The fourth-order valence-electron chi connectivity index (χ4n) is 5.11. The first kappa shape index (κ1) is 14.8. The molecule has 1 aliphatic heterocycles. The van der Waals surface area contributed by atoms with Gasteiger partial charge in [0.2, 0.25) is 0 Å². The van der Waals surface area contributed by atoms with Crippen LogP contribution in [0.25, 0.3) is 0 Å². The van der Waals surface area contributed by atoms with Crippen LogP contribution in [-0.2, 0) is 0 Å². The number of aliphatic hydroxyl groups is 1. The fraction of sp³-hybridized carbons (Fsp3) is 1.00. The van der Waals surface area contributed by atoms with Crippen LogP contribution in [0.15, 0.2) is 0 Å². The van der Waals surface area contributed by atoms with Gasteiger partial charge in [-0.1, -0.05) is 32.6 Å². The number of rotatable bonds is 2. The minimum atomic E-state index is -0.0572. The van der Waals surface area contributed by atoms with Crippen molar-refractivity contribution in [3.63, 3.8) is 0 Å². The zero-order valence-electron chi connectivity index (χ0n) is 13.3. The largest absolute Gasteiger partial charge is 0.391 e. The standard InChI is InChI=1S/C18H33NO/c1-2-15-6-7-17(20)16(14-15)19-12-10-18(11-13-19)8-4-3-5-9-18/h15-17,20H,2-14H2,1H3. The third-order valence-electron chi connectivity index (χ3n) is 6.71. The minimum absolute atomic E-state index is 0.0572. The SMILES string of the molecule is CCC1CCC(O)C(N2CCC3(CCCCC3)CC2)C1. The lowest BCUT2D eigenvalue weighted by Gasteiger charge is -2.49. The second-order valence-corrected chi connectivity index (χ2v) is 7.82. The van der Waals surface area contributed by atoms with Gasteiger partial charge in [0, 0.05) is 6.04 Å². The van der Waals surface area contributed by atoms with Crippen molar-refractivity contribution in [3.8, 4) is 0 Å². The molecule has 2 nitrogen and oxygen atoms in total. The van der Waals surface area contributed by atoms with Gasteiger partial charge < -0.3 is 5.11 Å². The number of piperidine rings is 1. The summed E-state index contributed by atoms with van der Waals surface area (Å²) in [5, 5.41) is 10.4. The summed E-state index contributed by atoms with van der Waals surface area (Å²) in [6, 6.07) is 0.467. The van der Waals surface area contributed by atoms with Crippen LogP contribution in [0.3, 0.4) is 0 Å². The molecule has 2 aliphatic carbocycles. The van der Waals surface area contributed by atoms with Crippen LogP contribution < -0.4 is 0 Å². The Balaban J connectivity index is 1.56. The summed E-state index contributed by atoms with van der Waals surface area (Å²) in [6.07, 6.45) is 14.9. The maximum absolute atomic E-state index is 10.4. The van der Waals surface area contributed by atoms with Gasteiger partial charge in [0.05, 0.1) is 6.10 Å². The Hall–Kier alpha value is -0.0800. The van der Waals surface area contributed by atoms with E-state index in [1.165, 1.54) is 77.3 Å². The molecule has 0 aromatic carbocycles. The van der Waals surface area contributed by atoms with E-state index in [1.807, 2.05) is 0 Å². The average molecular weight is 279 g/mol. The van der Waals surface area contributed by atoms with Crippen molar-refractivity contribution in [3.05, 3.63) is 0 Å². The third-order valence-corrected chi connectivity index (χ3v) is 6.71. The molecule has 0 radical (unpaired) electrons. The van der Waals surface area contributed by atoms with E-state index in [2.05, 4.69) is 11.8 Å². The second-order valence-electron chi connectivity index (χ2n) is 7.82. The summed E-state index contributed by atoms with van der Waals surface area (Å²) >= 11 is 0. The number of aliphatic hydroxyl groups excluding tert-OH is 1. The van der Waals surface area contributed by atoms with Crippen molar-refractivity contribution in [2.45, 2.75) is 89.7 Å². The maximum Gasteiger partial charge on any atom is 0.0695 e. The molecule has 3 aliphatic rings. The summed E-state index contributed by atoms with van der Waals surface area (Å²) in [5.74, 6) is 0.856. The quantitative estimate of drug-likeness (QED) is 0.826. The van der Waals surface area contributed by atoms with Gasteiger partial charge in [-0.3, -0.25) is 4.90 Å². The molecule has 0 aromatic rings. The van der Waals surface area contributed by atoms with Crippen LogP contribution in [-0.4, -0.2) is 35.2 Å². The van der Waals surface area contributed by atoms with Crippen LogP contribution >= 0.6 is 0 Å². The summed E-state index contributed by atoms with van der Waals surface area (Å²) in [6.45, 7) is 4.81. The maximum atomic E-state index is 10.4. The Labute approximate surface area is 124 Å². The van der Waals surface area contributed by atoms with E-state index in [9.17, 15) is 5.11 Å². The Morgan fingerprint density at radius 3 is 2.35 bits per heavy atom. The van der Waals surface area contributed by atoms with Crippen LogP contribution in [0.1, 0.15) is 77.6 Å². The molecule has 0 bridgehead atoms. The molecular weight excluding hydrogens is 246 g/mol. The van der Waals surface area contributed by atoms with Crippen molar-refractivity contribution >= 4 is 0 Å². The first-order valence-corrected chi connectivity index (χ1v) is 9.14. The molecule has 1 saturated heterocycles. The summed E-state index contributed by atoms with van der Waals surface area (Å²) < 4.78 is 0. The highest BCUT2D eigenvalue weighted by atomic mass is 16.3. The Bertz CT molecular complexity index is 301. The van der Waals surface area contributed by atoms with E-state index in [1.54, 1.807) is 0 Å². The lowest BCUT2D eigenvalue weighted by atomic mass is 9.67. The van der Waals surface area contributed by atoms with Crippen LogP contribution in [0, 0.1) is 11.3 Å². The third kappa shape index (κ3) is 3.06. The summed E-state index contributed by atoms with van der Waals surface area (Å²) in [7, 11) is 0. The van der Waals surface area contributed by atoms with Gasteiger partial charge in [0.15, 0.2) is 0 Å². The minimum Gasteiger partial charge on any atom is -0.391 e. The van der Waals surface area contributed by atoms with Crippen molar-refractivity contribution in [2.75, 3.05) is 13.1 Å². The lowest BCUT2D eigenvalue weighted by Crippen LogP contribution is -2.52. The lowest BCUT2D eigenvalue weighted by molar-refractivity contribution is -0.0318. The molecule has 3 fully saturated rings. The van der Waals surface area contributed by atoms with E-state index in [0.717, 1.165) is 12.3 Å². The Morgan fingerprint density at radius 1 is 1.00 bits per heavy atom. The van der Waals surface area contributed by atoms with Gasteiger partial charge in [-0.05, 0) is 69.4 Å². The van der Waals surface area contributed by atoms with Gasteiger partial charge in [-0.15, -0.1) is 0 Å². The molecule has 2 heteroatoms. The van der Waals surface area contributed by atoms with Crippen molar-refractivity contribution in [2.24, 2.45) is 11.3 Å². The molecule has 116 valence electrons. The van der Waals surface area contributed by atoms with Gasteiger partial charge >= 0.3 is 0 Å². The first-order valence-electron chi connectivity index (χ1n) is 9.14. The van der Waals surface area contributed by atoms with Crippen molar-refractivity contribution in [1.82, 2.24) is 4.90 Å². The monoisotopic (exact) mass is 279 g/mol. The topological polar surface area (TPSA) is 23.5 Å². The normalized spacial score (nSPS) is 39.0. The van der Waals surface area contributed by atoms with Gasteiger partial charge in [-0.2, -0.15) is 0 Å². The van der Waals surface area contributed by atoms with Crippen LogP contribution in [0.2, 0.25) is 0 Å². The molecule has 1 N–H and O–H groups in total. The van der Waals surface area contributed by atoms with E-state index in [-0.39, 0.29) is 6.10 Å². The molecule has 20 heavy (non-hydrogen) atoms. The second kappa shape index (κ2) is 6.36. The van der Waals surface area contributed by atoms with Crippen molar-refractivity contribution < 1.29 is 5.11 Å². The number of hydrogen-bond acceptors (Lipinski definition) is 2. The highest BCUT2D eigenvalue weighted by molar-refractivity contribution is 4.93. The molecule has 3 rings (SSSR count). The fourth-order valence-corrected chi connectivity index (χ4v) is 5.11. The smallest absolute Gasteiger partial charge is 0.0695 e. The van der Waals surface area contributed by atoms with Gasteiger partial charge in [0.25, 0.3) is 0 Å². The number of likely N-dealkylation sites (tertiary alicyclic amines) is 1. The van der Waals surface area contributed by atoms with Crippen molar-refractivity contribution in [1.29, 1.82) is 0 Å². The van der Waals surface area contributed by atoms with E-state index < -0.39 is 0 Å². The highest BCUT2D eigenvalue weighted by Crippen LogP contribution is 2.45. The molecule has 3 atom stereocenters. The van der Waals surface area contributed by atoms with E-state index >= 15 is 0 Å². The molecule has 1 spiro atoms. The Morgan fingerprint density at radius 2 is 1.70 bits per heavy atom. The molecule has 3 unspecified atom stereocenters. The summed E-state index contributed by atoms with van der Waals surface area (Å²) in [4.78, 5) is 2.65. The van der Waals surface area contributed by atoms with E-state index in [4.69, 9.17) is 0 Å². The summed E-state index contributed by atoms with van der Waals surface area (Å²) in [5.41, 5.74) is 0.693. The zero-order valence-corrected chi connectivity index (χ0v) is 13.3. The predicted octanol–water partition coefficient (Wildman–Crippen LogP) is 3.97. The molecular formula is C18H33NO. The molecule has 2 saturated carbocycles. The van der Waals surface area contributed by atoms with Gasteiger partial charge in [0.1, 0.15) is 0 Å². The molecule has 1 heterocycles. The zero-order chi connectivity index (χ0) is 14.0. The van der Waals surface area contributed by atoms with Gasteiger partial charge in [-0.25, -0.2) is 0 Å².